The highest BCUT2D eigenvalue weighted by atomic mass is 32.2. The zero-order chi connectivity index (χ0) is 15.6. The van der Waals surface area contributed by atoms with Gasteiger partial charge in [0.15, 0.2) is 9.84 Å². The van der Waals surface area contributed by atoms with Crippen LogP contribution >= 0.6 is 11.8 Å². The van der Waals surface area contributed by atoms with Gasteiger partial charge in [0.2, 0.25) is 5.91 Å². The van der Waals surface area contributed by atoms with Gasteiger partial charge in [-0.05, 0) is 37.1 Å². The first kappa shape index (κ1) is 15.8. The largest absolute Gasteiger partial charge is 0.325 e. The van der Waals surface area contributed by atoms with E-state index in [-0.39, 0.29) is 17.2 Å². The van der Waals surface area contributed by atoms with Crippen molar-refractivity contribution >= 4 is 33.2 Å². The number of benzene rings is 1. The highest BCUT2D eigenvalue weighted by molar-refractivity contribution is 7.99. The van der Waals surface area contributed by atoms with Crippen LogP contribution in [0.15, 0.2) is 29.2 Å². The summed E-state index contributed by atoms with van der Waals surface area (Å²) in [5.74, 6) is 1.48. The van der Waals surface area contributed by atoms with Gasteiger partial charge in [-0.3, -0.25) is 10.1 Å². The lowest BCUT2D eigenvalue weighted by molar-refractivity contribution is -0.117. The van der Waals surface area contributed by atoms with Gasteiger partial charge in [-0.25, -0.2) is 8.42 Å². The lowest BCUT2D eigenvalue weighted by atomic mass is 10.2. The lowest BCUT2D eigenvalue weighted by Crippen LogP contribution is -2.37. The molecule has 1 aliphatic carbocycles. The van der Waals surface area contributed by atoms with Crippen LogP contribution in [0.4, 0.5) is 5.69 Å². The fraction of sp³-hybridized carbons (Fsp3) is 0.533. The van der Waals surface area contributed by atoms with Crippen molar-refractivity contribution in [3.05, 3.63) is 24.3 Å². The zero-order valence-electron chi connectivity index (χ0n) is 12.2. The SMILES string of the molecule is O=C(Nc1ccc(S(=O)(=O)C2CCCC2)cc1)C1CSCN1. The number of carbonyl (C=O) groups excluding carboxylic acids is 1. The summed E-state index contributed by atoms with van der Waals surface area (Å²) in [5.41, 5.74) is 0.633. The molecular formula is C15H20N2O3S2. The molecule has 22 heavy (non-hydrogen) atoms. The fourth-order valence-electron chi connectivity index (χ4n) is 2.91. The van der Waals surface area contributed by atoms with Crippen LogP contribution in [0.1, 0.15) is 25.7 Å². The summed E-state index contributed by atoms with van der Waals surface area (Å²) in [6.45, 7) is 0. The molecule has 3 rings (SSSR count). The average molecular weight is 340 g/mol. The molecule has 1 saturated carbocycles. The molecule has 1 unspecified atom stereocenters. The van der Waals surface area contributed by atoms with Crippen molar-refractivity contribution in [2.45, 2.75) is 41.9 Å². The second-order valence-corrected chi connectivity index (χ2v) is 9.00. The van der Waals surface area contributed by atoms with Crippen molar-refractivity contribution < 1.29 is 13.2 Å². The first-order valence-corrected chi connectivity index (χ1v) is 10.2. The van der Waals surface area contributed by atoms with E-state index < -0.39 is 9.84 Å². The topological polar surface area (TPSA) is 75.3 Å². The molecule has 2 aliphatic rings. The summed E-state index contributed by atoms with van der Waals surface area (Å²) >= 11 is 1.69. The third-order valence-electron chi connectivity index (χ3n) is 4.22. The highest BCUT2D eigenvalue weighted by Crippen LogP contribution is 2.30. The van der Waals surface area contributed by atoms with Crippen LogP contribution in [0.5, 0.6) is 0 Å². The molecule has 1 aliphatic heterocycles. The maximum atomic E-state index is 12.5. The van der Waals surface area contributed by atoms with E-state index in [0.717, 1.165) is 37.3 Å². The van der Waals surface area contributed by atoms with E-state index in [2.05, 4.69) is 10.6 Å². The van der Waals surface area contributed by atoms with Crippen LogP contribution in [0.3, 0.4) is 0 Å². The Morgan fingerprint density at radius 1 is 1.18 bits per heavy atom. The van der Waals surface area contributed by atoms with Gasteiger partial charge in [0.05, 0.1) is 16.2 Å². The Labute approximate surface area is 135 Å². The standard InChI is InChI=1S/C15H20N2O3S2/c18-15(14-9-21-10-16-14)17-11-5-7-13(8-6-11)22(19,20)12-3-1-2-4-12/h5-8,12,14,16H,1-4,9-10H2,(H,17,18). The Kier molecular flexibility index (Phi) is 4.75. The van der Waals surface area contributed by atoms with Gasteiger partial charge in [-0.2, -0.15) is 0 Å². The zero-order valence-corrected chi connectivity index (χ0v) is 13.9. The normalized spacial score (nSPS) is 22.8. The minimum absolute atomic E-state index is 0.0728. The van der Waals surface area contributed by atoms with Crippen LogP contribution in [-0.2, 0) is 14.6 Å². The fourth-order valence-corrected chi connectivity index (χ4v) is 5.71. The number of hydrogen-bond donors (Lipinski definition) is 2. The predicted molar refractivity (Wildman–Crippen MR) is 88.8 cm³/mol. The summed E-state index contributed by atoms with van der Waals surface area (Å²) in [4.78, 5) is 12.4. The number of sulfone groups is 1. The van der Waals surface area contributed by atoms with Gasteiger partial charge in [0.25, 0.3) is 0 Å². The first-order valence-electron chi connectivity index (χ1n) is 7.53. The molecule has 120 valence electrons. The Bertz CT molecular complexity index is 631. The number of thioether (sulfide) groups is 1. The molecule has 1 aromatic rings. The molecule has 0 radical (unpaired) electrons. The molecule has 1 saturated heterocycles. The van der Waals surface area contributed by atoms with Gasteiger partial charge in [0.1, 0.15) is 0 Å². The third kappa shape index (κ3) is 3.31. The maximum Gasteiger partial charge on any atom is 0.242 e. The van der Waals surface area contributed by atoms with Gasteiger partial charge in [-0.15, -0.1) is 11.8 Å². The number of amides is 1. The highest BCUT2D eigenvalue weighted by Gasteiger charge is 2.30. The van der Waals surface area contributed by atoms with Crippen LogP contribution in [0, 0.1) is 0 Å². The Hall–Kier alpha value is -1.05. The Morgan fingerprint density at radius 2 is 1.86 bits per heavy atom. The van der Waals surface area contributed by atoms with E-state index in [9.17, 15) is 13.2 Å². The molecular weight excluding hydrogens is 320 g/mol. The van der Waals surface area contributed by atoms with E-state index >= 15 is 0 Å². The monoisotopic (exact) mass is 340 g/mol. The van der Waals surface area contributed by atoms with Gasteiger partial charge < -0.3 is 5.32 Å². The van der Waals surface area contributed by atoms with Crippen molar-refractivity contribution in [1.29, 1.82) is 0 Å². The van der Waals surface area contributed by atoms with Crippen LogP contribution in [0.2, 0.25) is 0 Å². The van der Waals surface area contributed by atoms with Gasteiger partial charge in [-0.1, -0.05) is 12.8 Å². The van der Waals surface area contributed by atoms with Crippen molar-refractivity contribution in [2.24, 2.45) is 0 Å². The van der Waals surface area contributed by atoms with Crippen molar-refractivity contribution in [1.82, 2.24) is 5.32 Å². The quantitative estimate of drug-likeness (QED) is 0.877. The summed E-state index contributed by atoms with van der Waals surface area (Å²) < 4.78 is 25.0. The molecule has 1 aromatic carbocycles. The lowest BCUT2D eigenvalue weighted by Gasteiger charge is -2.13. The van der Waals surface area contributed by atoms with E-state index in [4.69, 9.17) is 0 Å². The minimum Gasteiger partial charge on any atom is -0.325 e. The summed E-state index contributed by atoms with van der Waals surface area (Å²) in [7, 11) is -3.23. The van der Waals surface area contributed by atoms with Crippen LogP contribution in [-0.4, -0.2) is 37.2 Å². The molecule has 0 aromatic heterocycles. The van der Waals surface area contributed by atoms with Crippen molar-refractivity contribution in [2.75, 3.05) is 16.9 Å². The van der Waals surface area contributed by atoms with Gasteiger partial charge in [0, 0.05) is 17.3 Å². The van der Waals surface area contributed by atoms with Crippen LogP contribution in [0.25, 0.3) is 0 Å². The summed E-state index contributed by atoms with van der Waals surface area (Å²) in [6.07, 6.45) is 3.49. The second-order valence-electron chi connectivity index (χ2n) is 5.74. The molecule has 0 spiro atoms. The maximum absolute atomic E-state index is 12.5. The molecule has 1 heterocycles. The minimum atomic E-state index is -3.23. The summed E-state index contributed by atoms with van der Waals surface area (Å²) in [5, 5.41) is 5.68. The van der Waals surface area contributed by atoms with Gasteiger partial charge >= 0.3 is 0 Å². The third-order valence-corrected chi connectivity index (χ3v) is 7.44. The number of carbonyl (C=O) groups is 1. The molecule has 1 atom stereocenters. The number of nitrogens with one attached hydrogen (secondary N) is 2. The molecule has 2 N–H and O–H groups in total. The average Bonchev–Trinajstić information content (AvgIpc) is 3.21. The summed E-state index contributed by atoms with van der Waals surface area (Å²) in [6, 6.07) is 6.36. The van der Waals surface area contributed by atoms with E-state index in [1.54, 1.807) is 36.0 Å². The Balaban J connectivity index is 1.68. The smallest absolute Gasteiger partial charge is 0.242 e. The van der Waals surface area contributed by atoms with Crippen LogP contribution < -0.4 is 10.6 Å². The number of hydrogen-bond acceptors (Lipinski definition) is 5. The molecule has 1 amide bonds. The van der Waals surface area contributed by atoms with E-state index in [0.29, 0.717) is 10.6 Å². The predicted octanol–water partition coefficient (Wildman–Crippen LogP) is 2.00. The number of anilines is 1. The van der Waals surface area contributed by atoms with Crippen molar-refractivity contribution in [3.63, 3.8) is 0 Å². The second kappa shape index (κ2) is 6.60. The first-order chi connectivity index (χ1) is 10.6. The molecule has 5 nitrogen and oxygen atoms in total. The molecule has 2 fully saturated rings. The molecule has 0 bridgehead atoms. The van der Waals surface area contributed by atoms with E-state index in [1.165, 1.54) is 0 Å². The van der Waals surface area contributed by atoms with E-state index in [1.807, 2.05) is 0 Å². The van der Waals surface area contributed by atoms with Crippen molar-refractivity contribution in [3.8, 4) is 0 Å². The number of rotatable bonds is 4. The molecule has 7 heteroatoms. The Morgan fingerprint density at radius 3 is 2.45 bits per heavy atom.